The van der Waals surface area contributed by atoms with Crippen molar-refractivity contribution >= 4 is 15.9 Å². The van der Waals surface area contributed by atoms with Gasteiger partial charge in [0, 0.05) is 44.5 Å². The van der Waals surface area contributed by atoms with Gasteiger partial charge in [0.15, 0.2) is 0 Å². The summed E-state index contributed by atoms with van der Waals surface area (Å²) in [4.78, 5) is 22.1. The summed E-state index contributed by atoms with van der Waals surface area (Å²) in [7, 11) is -0.608. The van der Waals surface area contributed by atoms with E-state index in [0.29, 0.717) is 30.0 Å². The van der Waals surface area contributed by atoms with Crippen molar-refractivity contribution in [2.75, 3.05) is 66.6 Å². The third-order valence-corrected chi connectivity index (χ3v) is 10.7. The van der Waals surface area contributed by atoms with E-state index >= 15 is 0 Å². The number of hydrogen-bond donors (Lipinski definition) is 0. The van der Waals surface area contributed by atoms with E-state index in [0.717, 1.165) is 25.8 Å². The molecular formula is C30H44N4O5S. The Morgan fingerprint density at radius 2 is 1.77 bits per heavy atom. The molecule has 2 aliphatic heterocycles. The predicted octanol–water partition coefficient (Wildman–Crippen LogP) is 3.39. The number of amides is 1. The normalized spacial score (nSPS) is 17.9. The lowest BCUT2D eigenvalue weighted by atomic mass is 9.71. The van der Waals surface area contributed by atoms with Gasteiger partial charge in [0.2, 0.25) is 15.9 Å². The van der Waals surface area contributed by atoms with Crippen LogP contribution in [0.15, 0.2) is 41.6 Å². The molecule has 4 rings (SSSR count). The smallest absolute Gasteiger partial charge is 0.248 e. The van der Waals surface area contributed by atoms with Gasteiger partial charge in [-0.25, -0.2) is 8.42 Å². The van der Waals surface area contributed by atoms with Gasteiger partial charge in [-0.3, -0.25) is 9.78 Å². The lowest BCUT2D eigenvalue weighted by molar-refractivity contribution is -0.137. The van der Waals surface area contributed by atoms with Gasteiger partial charge in [0.25, 0.3) is 0 Å². The second kappa shape index (κ2) is 13.4. The van der Waals surface area contributed by atoms with E-state index in [4.69, 9.17) is 9.47 Å². The van der Waals surface area contributed by atoms with Gasteiger partial charge in [-0.2, -0.15) is 4.31 Å². The summed E-state index contributed by atoms with van der Waals surface area (Å²) >= 11 is 0. The molecule has 3 heterocycles. The largest absolute Gasteiger partial charge is 0.497 e. The molecule has 1 amide bonds. The number of carbonyl (C=O) groups is 1. The van der Waals surface area contributed by atoms with Gasteiger partial charge in [-0.1, -0.05) is 6.07 Å². The summed E-state index contributed by atoms with van der Waals surface area (Å²) in [6.07, 6.45) is 9.25. The summed E-state index contributed by atoms with van der Waals surface area (Å²) in [5.74, 6) is 0.576. The van der Waals surface area contributed by atoms with E-state index in [-0.39, 0.29) is 36.0 Å². The van der Waals surface area contributed by atoms with E-state index in [1.807, 2.05) is 23.4 Å². The fraction of sp³-hybridized carbons (Fsp3) is 0.600. The van der Waals surface area contributed by atoms with Gasteiger partial charge in [-0.15, -0.1) is 0 Å². The van der Waals surface area contributed by atoms with Gasteiger partial charge in [0.1, 0.15) is 12.4 Å². The molecule has 0 spiro atoms. The Morgan fingerprint density at radius 3 is 2.38 bits per heavy atom. The van der Waals surface area contributed by atoms with Crippen molar-refractivity contribution in [3.05, 3.63) is 53.3 Å². The summed E-state index contributed by atoms with van der Waals surface area (Å²) in [6.45, 7) is 8.57. The number of methoxy groups -OCH3 is 1. The topological polar surface area (TPSA) is 92.3 Å². The maximum Gasteiger partial charge on any atom is 0.248 e. The third kappa shape index (κ3) is 7.02. The van der Waals surface area contributed by atoms with E-state index in [1.54, 1.807) is 33.1 Å². The zero-order chi connectivity index (χ0) is 28.8. The quantitative estimate of drug-likeness (QED) is 0.360. The number of piperidine rings is 1. The average molecular weight is 573 g/mol. The van der Waals surface area contributed by atoms with Crippen molar-refractivity contribution in [1.29, 1.82) is 0 Å². The Labute approximate surface area is 239 Å². The fourth-order valence-electron chi connectivity index (χ4n) is 6.08. The van der Waals surface area contributed by atoms with E-state index < -0.39 is 10.0 Å². The number of nitrogens with zero attached hydrogens (tertiary/aromatic N) is 4. The number of rotatable bonds is 12. The fourth-order valence-corrected chi connectivity index (χ4v) is 7.64. The average Bonchev–Trinajstić information content (AvgIpc) is 3.48. The van der Waals surface area contributed by atoms with Crippen molar-refractivity contribution in [2.45, 2.75) is 56.3 Å². The van der Waals surface area contributed by atoms with E-state index in [2.05, 4.69) is 16.0 Å². The minimum atomic E-state index is -3.70. The second-order valence-electron chi connectivity index (χ2n) is 11.2. The maximum absolute atomic E-state index is 13.2. The number of carbonyl (C=O) groups excluding carboxylic acids is 1. The number of aromatic nitrogens is 1. The molecule has 2 aromatic rings. The zero-order valence-corrected chi connectivity index (χ0v) is 25.2. The highest BCUT2D eigenvalue weighted by Gasteiger charge is 2.38. The molecule has 1 aromatic heterocycles. The first-order chi connectivity index (χ1) is 19.2. The molecule has 0 saturated carbocycles. The number of likely N-dealkylation sites (tertiary alicyclic amines) is 2. The third-order valence-electron chi connectivity index (χ3n) is 8.57. The summed E-state index contributed by atoms with van der Waals surface area (Å²) < 4.78 is 38.6. The number of pyridine rings is 1. The van der Waals surface area contributed by atoms with Crippen LogP contribution in [0.3, 0.4) is 0 Å². The van der Waals surface area contributed by atoms with Crippen molar-refractivity contribution < 1.29 is 22.7 Å². The standard InChI is InChI=1S/C30H44N4O5S/c1-24-20-27(38-4)21-25(2)29(24)40(36,37)32(3)18-19-39-23-28(35)34-16-10-30(11-17-34,26-8-7-12-31-22-26)9-15-33-13-5-6-14-33/h7-8,12,20-22H,5-6,9-11,13-19,23H2,1-4H3. The van der Waals surface area contributed by atoms with Gasteiger partial charge in [0.05, 0.1) is 18.6 Å². The van der Waals surface area contributed by atoms with Gasteiger partial charge < -0.3 is 19.3 Å². The lowest BCUT2D eigenvalue weighted by Crippen LogP contribution is -2.47. The summed E-state index contributed by atoms with van der Waals surface area (Å²) in [5.41, 5.74) is 2.56. The van der Waals surface area contributed by atoms with Gasteiger partial charge in [-0.05, 0) is 100 Å². The molecule has 0 atom stereocenters. The Hall–Kier alpha value is -2.53. The SMILES string of the molecule is COc1cc(C)c(S(=O)(=O)N(C)CCOCC(=O)N2CCC(CCN3CCCC3)(c3cccnc3)CC2)c(C)c1. The molecule has 9 nitrogen and oxygen atoms in total. The van der Waals surface area contributed by atoms with Crippen LogP contribution in [0.4, 0.5) is 0 Å². The van der Waals surface area contributed by atoms with Crippen LogP contribution in [0.5, 0.6) is 5.75 Å². The first-order valence-corrected chi connectivity index (χ1v) is 15.7. The molecule has 0 N–H and O–H groups in total. The van der Waals surface area contributed by atoms with Crippen LogP contribution in [-0.4, -0.2) is 100 Å². The minimum Gasteiger partial charge on any atom is -0.497 e. The molecule has 0 unspecified atom stereocenters. The van der Waals surface area contributed by atoms with Crippen LogP contribution in [0.2, 0.25) is 0 Å². The predicted molar refractivity (Wildman–Crippen MR) is 155 cm³/mol. The van der Waals surface area contributed by atoms with Crippen molar-refractivity contribution in [1.82, 2.24) is 19.1 Å². The molecular weight excluding hydrogens is 528 g/mol. The van der Waals surface area contributed by atoms with Crippen LogP contribution in [0.25, 0.3) is 0 Å². The zero-order valence-electron chi connectivity index (χ0n) is 24.4. The number of aryl methyl sites for hydroxylation is 2. The molecule has 2 saturated heterocycles. The van der Waals surface area contributed by atoms with Crippen LogP contribution < -0.4 is 4.74 Å². The number of ether oxygens (including phenoxy) is 2. The molecule has 1 aromatic carbocycles. The molecule has 220 valence electrons. The Morgan fingerprint density at radius 1 is 1.10 bits per heavy atom. The van der Waals surface area contributed by atoms with E-state index in [9.17, 15) is 13.2 Å². The first-order valence-electron chi connectivity index (χ1n) is 14.3. The van der Waals surface area contributed by atoms with E-state index in [1.165, 1.54) is 42.8 Å². The summed E-state index contributed by atoms with van der Waals surface area (Å²) in [6, 6.07) is 7.62. The monoisotopic (exact) mass is 572 g/mol. The molecule has 2 aliphatic rings. The Bertz CT molecular complexity index is 1220. The van der Waals surface area contributed by atoms with Gasteiger partial charge >= 0.3 is 0 Å². The highest BCUT2D eigenvalue weighted by Crippen LogP contribution is 2.39. The number of benzene rings is 1. The Balaban J connectivity index is 1.27. The molecule has 0 aliphatic carbocycles. The Kier molecular flexibility index (Phi) is 10.2. The molecule has 40 heavy (non-hydrogen) atoms. The minimum absolute atomic E-state index is 0.0310. The molecule has 10 heteroatoms. The van der Waals surface area contributed by atoms with Crippen LogP contribution in [0.1, 0.15) is 48.8 Å². The van der Waals surface area contributed by atoms with Crippen LogP contribution >= 0.6 is 0 Å². The number of likely N-dealkylation sites (N-methyl/N-ethyl adjacent to an activating group) is 1. The highest BCUT2D eigenvalue weighted by atomic mass is 32.2. The van der Waals surface area contributed by atoms with Crippen molar-refractivity contribution in [2.24, 2.45) is 0 Å². The second-order valence-corrected chi connectivity index (χ2v) is 13.2. The molecule has 0 bridgehead atoms. The lowest BCUT2D eigenvalue weighted by Gasteiger charge is -2.43. The van der Waals surface area contributed by atoms with Crippen molar-refractivity contribution in [3.63, 3.8) is 0 Å². The highest BCUT2D eigenvalue weighted by molar-refractivity contribution is 7.89. The first kappa shape index (κ1) is 30.4. The van der Waals surface area contributed by atoms with Crippen LogP contribution in [-0.2, 0) is 25.0 Å². The van der Waals surface area contributed by atoms with Crippen molar-refractivity contribution in [3.8, 4) is 5.75 Å². The molecule has 0 radical (unpaired) electrons. The summed E-state index contributed by atoms with van der Waals surface area (Å²) in [5, 5.41) is 0. The number of sulfonamides is 1. The maximum atomic E-state index is 13.2. The van der Waals surface area contributed by atoms with Crippen LogP contribution in [0, 0.1) is 13.8 Å². The molecule has 2 fully saturated rings. The number of hydrogen-bond acceptors (Lipinski definition) is 7.